The number of carbonyl (C=O) groups is 2. The van der Waals surface area contributed by atoms with Crippen LogP contribution in [0.25, 0.3) is 0 Å². The fourth-order valence-corrected chi connectivity index (χ4v) is 5.75. The van der Waals surface area contributed by atoms with E-state index in [1.54, 1.807) is 7.11 Å². The minimum Gasteiger partial charge on any atom is -0.384 e. The van der Waals surface area contributed by atoms with Crippen LogP contribution in [-0.4, -0.2) is 60.0 Å². The van der Waals surface area contributed by atoms with Gasteiger partial charge in [-0.05, 0) is 56.8 Å². The molecule has 2 unspecified atom stereocenters. The summed E-state index contributed by atoms with van der Waals surface area (Å²) >= 11 is 8.00. The molecule has 1 aromatic carbocycles. The first kappa shape index (κ1) is 23.6. The molecule has 3 rings (SSSR count). The van der Waals surface area contributed by atoms with Crippen molar-refractivity contribution in [1.29, 1.82) is 0 Å². The molecule has 7 heteroatoms. The number of amides is 1. The maximum Gasteiger partial charge on any atom is 0.232 e. The summed E-state index contributed by atoms with van der Waals surface area (Å²) < 4.78 is 7.71. The first-order valence-electron chi connectivity index (χ1n) is 10.8. The van der Waals surface area contributed by atoms with Crippen molar-refractivity contribution >= 4 is 35.7 Å². The standard InChI is InChI=1S/C23H33ClN2O3S/c1-4-19(15-25(2)30-20-9-10-20)26-21(17-5-7-18(24)8-6-17)11-12-23(13-14-27,16-29-3)22(26)28/h5-8,14,19-21H,4,9-13,15-16H2,1-3H3/t19?,21?,23-/m1/s1. The Labute approximate surface area is 189 Å². The molecule has 30 heavy (non-hydrogen) atoms. The van der Waals surface area contributed by atoms with Crippen LogP contribution in [0.3, 0.4) is 0 Å². The molecule has 1 heterocycles. The first-order valence-corrected chi connectivity index (χ1v) is 12.0. The predicted molar refractivity (Wildman–Crippen MR) is 123 cm³/mol. The molecule has 1 amide bonds. The van der Waals surface area contributed by atoms with Gasteiger partial charge in [0.25, 0.3) is 0 Å². The van der Waals surface area contributed by atoms with E-state index in [2.05, 4.69) is 23.2 Å². The Morgan fingerprint density at radius 1 is 1.33 bits per heavy atom. The van der Waals surface area contributed by atoms with Crippen molar-refractivity contribution in [3.8, 4) is 0 Å². The van der Waals surface area contributed by atoms with E-state index < -0.39 is 5.41 Å². The Morgan fingerprint density at radius 3 is 2.60 bits per heavy atom. The summed E-state index contributed by atoms with van der Waals surface area (Å²) in [6.45, 7) is 3.22. The summed E-state index contributed by atoms with van der Waals surface area (Å²) in [6, 6.07) is 7.86. The van der Waals surface area contributed by atoms with Gasteiger partial charge in [0, 0.05) is 36.4 Å². The number of likely N-dealkylation sites (tertiary alicyclic amines) is 1. The quantitative estimate of drug-likeness (QED) is 0.358. The maximum absolute atomic E-state index is 13.9. The van der Waals surface area contributed by atoms with Crippen LogP contribution in [0.2, 0.25) is 5.02 Å². The second-order valence-corrected chi connectivity index (χ2v) is 10.5. The van der Waals surface area contributed by atoms with Crippen LogP contribution >= 0.6 is 23.5 Å². The molecule has 3 atom stereocenters. The summed E-state index contributed by atoms with van der Waals surface area (Å²) in [4.78, 5) is 27.5. The highest BCUT2D eigenvalue weighted by Gasteiger charge is 2.49. The van der Waals surface area contributed by atoms with Crippen LogP contribution in [0, 0.1) is 5.41 Å². The SMILES string of the molecule is CCC(CN(C)SC1CC1)N1C(=O)[C@](CC=O)(COC)CCC1c1ccc(Cl)cc1. The minimum atomic E-state index is -0.769. The first-order chi connectivity index (χ1) is 14.4. The van der Waals surface area contributed by atoms with Crippen molar-refractivity contribution in [1.82, 2.24) is 9.21 Å². The number of aldehydes is 1. The molecular weight excluding hydrogens is 420 g/mol. The Hall–Kier alpha value is -1.08. The molecule has 166 valence electrons. The van der Waals surface area contributed by atoms with Gasteiger partial charge < -0.3 is 14.4 Å². The van der Waals surface area contributed by atoms with E-state index >= 15 is 0 Å². The van der Waals surface area contributed by atoms with Crippen LogP contribution in [0.15, 0.2) is 24.3 Å². The van der Waals surface area contributed by atoms with Crippen molar-refractivity contribution in [2.75, 3.05) is 27.3 Å². The normalized spacial score (nSPS) is 25.6. The number of rotatable bonds is 11. The Balaban J connectivity index is 1.92. The van der Waals surface area contributed by atoms with Gasteiger partial charge in [-0.3, -0.25) is 9.10 Å². The average Bonchev–Trinajstić information content (AvgIpc) is 3.53. The van der Waals surface area contributed by atoms with E-state index in [0.717, 1.165) is 36.5 Å². The zero-order valence-electron chi connectivity index (χ0n) is 18.2. The van der Waals surface area contributed by atoms with E-state index in [4.69, 9.17) is 16.3 Å². The van der Waals surface area contributed by atoms with E-state index in [9.17, 15) is 9.59 Å². The Morgan fingerprint density at radius 2 is 2.03 bits per heavy atom. The van der Waals surface area contributed by atoms with Gasteiger partial charge in [0.15, 0.2) is 0 Å². The van der Waals surface area contributed by atoms with Gasteiger partial charge in [0.1, 0.15) is 6.29 Å². The average molecular weight is 453 g/mol. The van der Waals surface area contributed by atoms with Gasteiger partial charge in [-0.15, -0.1) is 0 Å². The number of hydrogen-bond acceptors (Lipinski definition) is 5. The summed E-state index contributed by atoms with van der Waals surface area (Å²) in [5.74, 6) is 0.0410. The maximum atomic E-state index is 13.9. The monoisotopic (exact) mass is 452 g/mol. The summed E-state index contributed by atoms with van der Waals surface area (Å²) in [6.07, 6.45) is 5.93. The zero-order valence-corrected chi connectivity index (χ0v) is 19.8. The Kier molecular flexibility index (Phi) is 8.24. The molecule has 0 bridgehead atoms. The number of likely N-dealkylation sites (N-methyl/N-ethyl adjacent to an activating group) is 1. The number of piperidine rings is 1. The van der Waals surface area contributed by atoms with Crippen LogP contribution in [-0.2, 0) is 14.3 Å². The highest BCUT2D eigenvalue weighted by Crippen LogP contribution is 2.45. The minimum absolute atomic E-state index is 0.0179. The van der Waals surface area contributed by atoms with Crippen molar-refractivity contribution in [3.05, 3.63) is 34.9 Å². The highest BCUT2D eigenvalue weighted by molar-refractivity contribution is 7.97. The molecular formula is C23H33ClN2O3S. The highest BCUT2D eigenvalue weighted by atomic mass is 35.5. The van der Waals surface area contributed by atoms with Crippen LogP contribution in [0.1, 0.15) is 57.1 Å². The second kappa shape index (κ2) is 10.5. The third kappa shape index (κ3) is 5.39. The summed E-state index contributed by atoms with van der Waals surface area (Å²) in [7, 11) is 3.72. The van der Waals surface area contributed by atoms with E-state index in [1.165, 1.54) is 12.8 Å². The number of carbonyl (C=O) groups excluding carboxylic acids is 2. The molecule has 1 saturated carbocycles. The Bertz CT molecular complexity index is 728. The largest absolute Gasteiger partial charge is 0.384 e. The van der Waals surface area contributed by atoms with Gasteiger partial charge in [0.2, 0.25) is 5.91 Å². The number of hydrogen-bond donors (Lipinski definition) is 0. The van der Waals surface area contributed by atoms with Gasteiger partial charge >= 0.3 is 0 Å². The number of halogens is 1. The van der Waals surface area contributed by atoms with Crippen molar-refractivity contribution in [2.24, 2.45) is 5.41 Å². The molecule has 0 radical (unpaired) electrons. The second-order valence-electron chi connectivity index (χ2n) is 8.58. The smallest absolute Gasteiger partial charge is 0.232 e. The van der Waals surface area contributed by atoms with Crippen LogP contribution in [0.4, 0.5) is 0 Å². The fraction of sp³-hybridized carbons (Fsp3) is 0.652. The van der Waals surface area contributed by atoms with Crippen LogP contribution < -0.4 is 0 Å². The fourth-order valence-electron chi connectivity index (χ4n) is 4.51. The lowest BCUT2D eigenvalue weighted by molar-refractivity contribution is -0.160. The number of benzene rings is 1. The zero-order chi connectivity index (χ0) is 21.7. The van der Waals surface area contributed by atoms with Gasteiger partial charge in [0.05, 0.1) is 18.1 Å². The lowest BCUT2D eigenvalue weighted by Crippen LogP contribution is -2.57. The van der Waals surface area contributed by atoms with Gasteiger partial charge in [-0.25, -0.2) is 0 Å². The molecule has 1 saturated heterocycles. The van der Waals surface area contributed by atoms with E-state index in [0.29, 0.717) is 11.4 Å². The van der Waals surface area contributed by atoms with Crippen molar-refractivity contribution in [2.45, 2.75) is 62.8 Å². The predicted octanol–water partition coefficient (Wildman–Crippen LogP) is 4.75. The van der Waals surface area contributed by atoms with Gasteiger partial charge in [-0.2, -0.15) is 0 Å². The molecule has 2 aliphatic rings. The molecule has 0 aromatic heterocycles. The molecule has 5 nitrogen and oxygen atoms in total. The third-order valence-corrected chi connectivity index (χ3v) is 7.79. The van der Waals surface area contributed by atoms with Crippen molar-refractivity contribution < 1.29 is 14.3 Å². The van der Waals surface area contributed by atoms with E-state index in [-0.39, 0.29) is 31.0 Å². The lowest BCUT2D eigenvalue weighted by atomic mass is 9.73. The summed E-state index contributed by atoms with van der Waals surface area (Å²) in [5.41, 5.74) is 0.329. The topological polar surface area (TPSA) is 49.9 Å². The number of ether oxygens (including phenoxy) is 1. The molecule has 1 aromatic rings. The van der Waals surface area contributed by atoms with Crippen molar-refractivity contribution in [3.63, 3.8) is 0 Å². The molecule has 2 fully saturated rings. The summed E-state index contributed by atoms with van der Waals surface area (Å²) in [5, 5.41) is 1.41. The third-order valence-electron chi connectivity index (χ3n) is 6.26. The lowest BCUT2D eigenvalue weighted by Gasteiger charge is -2.49. The molecule has 0 spiro atoms. The van der Waals surface area contributed by atoms with Gasteiger partial charge in [-0.1, -0.05) is 42.6 Å². The molecule has 1 aliphatic heterocycles. The number of methoxy groups -OCH3 is 1. The van der Waals surface area contributed by atoms with Crippen LogP contribution in [0.5, 0.6) is 0 Å². The molecule has 1 aliphatic carbocycles. The van der Waals surface area contributed by atoms with E-state index in [1.807, 2.05) is 36.2 Å². The molecule has 0 N–H and O–H groups in total. The number of nitrogens with zero attached hydrogens (tertiary/aromatic N) is 2.